The van der Waals surface area contributed by atoms with Crippen LogP contribution in [-0.2, 0) is 6.42 Å². The highest BCUT2D eigenvalue weighted by Gasteiger charge is 2.21. The number of hydrogen-bond donors (Lipinski definition) is 1. The third kappa shape index (κ3) is 3.34. The van der Waals surface area contributed by atoms with Crippen molar-refractivity contribution in [3.63, 3.8) is 0 Å². The van der Waals surface area contributed by atoms with Gasteiger partial charge in [-0.25, -0.2) is 9.97 Å². The Morgan fingerprint density at radius 3 is 2.85 bits per heavy atom. The summed E-state index contributed by atoms with van der Waals surface area (Å²) >= 11 is 0. The number of rotatable bonds is 5. The first-order valence-electron chi connectivity index (χ1n) is 9.39. The first-order chi connectivity index (χ1) is 12.7. The molecule has 26 heavy (non-hydrogen) atoms. The summed E-state index contributed by atoms with van der Waals surface area (Å²) in [5.41, 5.74) is 2.51. The first-order valence-corrected chi connectivity index (χ1v) is 9.39. The number of hydrogen-bond acceptors (Lipinski definition) is 3. The van der Waals surface area contributed by atoms with Gasteiger partial charge in [-0.3, -0.25) is 4.79 Å². The minimum Gasteiger partial charge on any atom is -0.350 e. The predicted molar refractivity (Wildman–Crippen MR) is 102 cm³/mol. The Balaban J connectivity index is 1.40. The second kappa shape index (κ2) is 7.28. The number of carbonyl (C=O) groups excluding carboxylic acids is 1. The molecule has 0 spiro atoms. The highest BCUT2D eigenvalue weighted by molar-refractivity contribution is 5.94. The van der Waals surface area contributed by atoms with Gasteiger partial charge in [-0.15, -0.1) is 0 Å². The molecule has 1 aliphatic rings. The molecule has 5 nitrogen and oxygen atoms in total. The average Bonchev–Trinajstić information content (AvgIpc) is 3.31. The number of amides is 1. The standard InChI is InChI=1S/C21H24N4O/c1-15-14-23-20(25(15)17-7-3-4-8-17)12-13-22-21(26)19-11-10-16-6-2-5-9-18(16)24-19/h2,5-6,9-11,14,17H,3-4,7-8,12-13H2,1H3,(H,22,26). The fraction of sp³-hybridized carbons (Fsp3) is 0.381. The summed E-state index contributed by atoms with van der Waals surface area (Å²) in [6, 6.07) is 12.1. The minimum atomic E-state index is -0.133. The molecule has 1 amide bonds. The molecule has 1 aliphatic carbocycles. The van der Waals surface area contributed by atoms with Crippen molar-refractivity contribution < 1.29 is 4.79 Å². The zero-order valence-electron chi connectivity index (χ0n) is 15.1. The molecule has 0 radical (unpaired) electrons. The van der Waals surface area contributed by atoms with Crippen molar-refractivity contribution in [1.82, 2.24) is 19.9 Å². The summed E-state index contributed by atoms with van der Waals surface area (Å²) < 4.78 is 2.37. The number of nitrogens with zero attached hydrogens (tertiary/aromatic N) is 3. The summed E-state index contributed by atoms with van der Waals surface area (Å²) in [4.78, 5) is 21.4. The molecular weight excluding hydrogens is 324 g/mol. The molecule has 0 unspecified atom stereocenters. The molecule has 4 rings (SSSR count). The average molecular weight is 348 g/mol. The number of carbonyl (C=O) groups is 1. The quantitative estimate of drug-likeness (QED) is 0.762. The number of para-hydroxylation sites is 1. The van der Waals surface area contributed by atoms with E-state index in [0.29, 0.717) is 18.3 Å². The number of pyridine rings is 1. The molecule has 0 aliphatic heterocycles. The van der Waals surface area contributed by atoms with Crippen LogP contribution in [0.15, 0.2) is 42.6 Å². The van der Waals surface area contributed by atoms with E-state index in [1.165, 1.54) is 31.4 Å². The lowest BCUT2D eigenvalue weighted by Crippen LogP contribution is -2.27. The number of imidazole rings is 1. The van der Waals surface area contributed by atoms with Crippen molar-refractivity contribution in [2.24, 2.45) is 0 Å². The molecule has 0 atom stereocenters. The number of aromatic nitrogens is 3. The van der Waals surface area contributed by atoms with Crippen molar-refractivity contribution in [3.05, 3.63) is 59.8 Å². The van der Waals surface area contributed by atoms with Crippen LogP contribution in [0.1, 0.15) is 53.7 Å². The van der Waals surface area contributed by atoms with E-state index < -0.39 is 0 Å². The van der Waals surface area contributed by atoms with Crippen LogP contribution < -0.4 is 5.32 Å². The Bertz CT molecular complexity index is 925. The van der Waals surface area contributed by atoms with Crippen molar-refractivity contribution in [2.75, 3.05) is 6.54 Å². The van der Waals surface area contributed by atoms with E-state index in [2.05, 4.69) is 26.8 Å². The molecule has 0 saturated heterocycles. The maximum absolute atomic E-state index is 12.4. The molecule has 1 saturated carbocycles. The highest BCUT2D eigenvalue weighted by atomic mass is 16.1. The third-order valence-electron chi connectivity index (χ3n) is 5.21. The zero-order chi connectivity index (χ0) is 17.9. The first kappa shape index (κ1) is 16.8. The summed E-state index contributed by atoms with van der Waals surface area (Å²) in [5.74, 6) is 0.938. The molecular formula is C21H24N4O. The van der Waals surface area contributed by atoms with Crippen molar-refractivity contribution in [3.8, 4) is 0 Å². The van der Waals surface area contributed by atoms with Gasteiger partial charge in [0.15, 0.2) is 0 Å². The molecule has 134 valence electrons. The van der Waals surface area contributed by atoms with E-state index >= 15 is 0 Å². The summed E-state index contributed by atoms with van der Waals surface area (Å²) in [6.45, 7) is 2.68. The van der Waals surface area contributed by atoms with Crippen LogP contribution in [0.5, 0.6) is 0 Å². The van der Waals surface area contributed by atoms with Crippen LogP contribution in [0, 0.1) is 6.92 Å². The maximum atomic E-state index is 12.4. The van der Waals surface area contributed by atoms with Gasteiger partial charge in [-0.05, 0) is 31.9 Å². The summed E-state index contributed by atoms with van der Waals surface area (Å²) in [6.07, 6.45) is 7.75. The van der Waals surface area contributed by atoms with Gasteiger partial charge < -0.3 is 9.88 Å². The Labute approximate surface area is 153 Å². The van der Waals surface area contributed by atoms with Gasteiger partial charge in [-0.1, -0.05) is 37.1 Å². The van der Waals surface area contributed by atoms with Crippen LogP contribution >= 0.6 is 0 Å². The highest BCUT2D eigenvalue weighted by Crippen LogP contribution is 2.31. The monoisotopic (exact) mass is 348 g/mol. The van der Waals surface area contributed by atoms with E-state index in [9.17, 15) is 4.79 Å². The van der Waals surface area contributed by atoms with E-state index in [0.717, 1.165) is 23.1 Å². The number of benzene rings is 1. The smallest absolute Gasteiger partial charge is 0.269 e. The van der Waals surface area contributed by atoms with E-state index in [1.54, 1.807) is 6.07 Å². The Morgan fingerprint density at radius 1 is 1.19 bits per heavy atom. The SMILES string of the molecule is Cc1cnc(CCNC(=O)c2ccc3ccccc3n2)n1C1CCCC1. The Hall–Kier alpha value is -2.69. The van der Waals surface area contributed by atoms with Crippen molar-refractivity contribution in [1.29, 1.82) is 0 Å². The second-order valence-corrected chi connectivity index (χ2v) is 7.02. The van der Waals surface area contributed by atoms with Crippen molar-refractivity contribution in [2.45, 2.75) is 45.1 Å². The molecule has 1 N–H and O–H groups in total. The third-order valence-corrected chi connectivity index (χ3v) is 5.21. The molecule has 2 aromatic heterocycles. The second-order valence-electron chi connectivity index (χ2n) is 7.02. The van der Waals surface area contributed by atoms with E-state index in [4.69, 9.17) is 0 Å². The normalized spacial score (nSPS) is 14.8. The van der Waals surface area contributed by atoms with Crippen LogP contribution in [-0.4, -0.2) is 27.0 Å². The van der Waals surface area contributed by atoms with Gasteiger partial charge in [-0.2, -0.15) is 0 Å². The zero-order valence-corrected chi connectivity index (χ0v) is 15.1. The van der Waals surface area contributed by atoms with Gasteiger partial charge >= 0.3 is 0 Å². The topological polar surface area (TPSA) is 59.8 Å². The summed E-state index contributed by atoms with van der Waals surface area (Å²) in [5, 5.41) is 4.02. The fourth-order valence-corrected chi connectivity index (χ4v) is 3.91. The van der Waals surface area contributed by atoms with Gasteiger partial charge in [0, 0.05) is 36.3 Å². The van der Waals surface area contributed by atoms with Crippen LogP contribution in [0.3, 0.4) is 0 Å². The Kier molecular flexibility index (Phi) is 4.69. The van der Waals surface area contributed by atoms with Crippen molar-refractivity contribution >= 4 is 16.8 Å². The van der Waals surface area contributed by atoms with Gasteiger partial charge in [0.25, 0.3) is 5.91 Å². The molecule has 2 heterocycles. The van der Waals surface area contributed by atoms with E-state index in [-0.39, 0.29) is 5.91 Å². The maximum Gasteiger partial charge on any atom is 0.269 e. The largest absolute Gasteiger partial charge is 0.350 e. The lowest BCUT2D eigenvalue weighted by atomic mass is 10.2. The minimum absolute atomic E-state index is 0.133. The fourth-order valence-electron chi connectivity index (χ4n) is 3.91. The Morgan fingerprint density at radius 2 is 2.00 bits per heavy atom. The number of nitrogens with one attached hydrogen (secondary N) is 1. The molecule has 3 aromatic rings. The van der Waals surface area contributed by atoms with Crippen LogP contribution in [0.4, 0.5) is 0 Å². The van der Waals surface area contributed by atoms with E-state index in [1.807, 2.05) is 36.5 Å². The molecule has 5 heteroatoms. The molecule has 1 aromatic carbocycles. The molecule has 0 bridgehead atoms. The van der Waals surface area contributed by atoms with Gasteiger partial charge in [0.05, 0.1) is 5.52 Å². The molecule has 1 fully saturated rings. The number of aryl methyl sites for hydroxylation is 1. The van der Waals surface area contributed by atoms with Crippen LogP contribution in [0.2, 0.25) is 0 Å². The lowest BCUT2D eigenvalue weighted by Gasteiger charge is -2.17. The summed E-state index contributed by atoms with van der Waals surface area (Å²) in [7, 11) is 0. The van der Waals surface area contributed by atoms with Gasteiger partial charge in [0.1, 0.15) is 11.5 Å². The number of fused-ring (bicyclic) bond motifs is 1. The van der Waals surface area contributed by atoms with Gasteiger partial charge in [0.2, 0.25) is 0 Å². The predicted octanol–water partition coefficient (Wildman–Crippen LogP) is 3.83. The lowest BCUT2D eigenvalue weighted by molar-refractivity contribution is 0.0949. The van der Waals surface area contributed by atoms with Crippen LogP contribution in [0.25, 0.3) is 10.9 Å².